The SMILES string of the molecule is CCCn1ccc2ccc(NC(=O)C(=O)NC(CCO)C3CC3)cc21. The molecule has 3 rings (SSSR count). The van der Waals surface area contributed by atoms with Crippen LogP contribution in [-0.2, 0) is 16.1 Å². The molecule has 0 radical (unpaired) electrons. The minimum atomic E-state index is -0.670. The van der Waals surface area contributed by atoms with Gasteiger partial charge in [-0.1, -0.05) is 13.0 Å². The van der Waals surface area contributed by atoms with Gasteiger partial charge in [-0.25, -0.2) is 0 Å². The lowest BCUT2D eigenvalue weighted by Crippen LogP contribution is -2.43. The maximum Gasteiger partial charge on any atom is 0.313 e. The zero-order valence-electron chi connectivity index (χ0n) is 14.5. The molecular weight excluding hydrogens is 318 g/mol. The summed E-state index contributed by atoms with van der Waals surface area (Å²) >= 11 is 0. The van der Waals surface area contributed by atoms with Crippen LogP contribution in [0.2, 0.25) is 0 Å². The predicted octanol–water partition coefficient (Wildman–Crippen LogP) is 2.27. The Balaban J connectivity index is 1.66. The molecule has 6 nitrogen and oxygen atoms in total. The Morgan fingerprint density at radius 3 is 2.76 bits per heavy atom. The summed E-state index contributed by atoms with van der Waals surface area (Å²) in [4.78, 5) is 24.3. The number of nitrogens with zero attached hydrogens (tertiary/aromatic N) is 1. The van der Waals surface area contributed by atoms with E-state index in [1.165, 1.54) is 0 Å². The van der Waals surface area contributed by atoms with Gasteiger partial charge < -0.3 is 20.3 Å². The molecule has 0 saturated heterocycles. The molecule has 3 N–H and O–H groups in total. The third kappa shape index (κ3) is 4.20. The van der Waals surface area contributed by atoms with Gasteiger partial charge in [0.2, 0.25) is 0 Å². The quantitative estimate of drug-likeness (QED) is 0.674. The Morgan fingerprint density at radius 2 is 2.08 bits per heavy atom. The van der Waals surface area contributed by atoms with Crippen molar-refractivity contribution in [3.8, 4) is 0 Å². The number of carbonyl (C=O) groups is 2. The maximum absolute atomic E-state index is 12.2. The van der Waals surface area contributed by atoms with Crippen LogP contribution in [0.4, 0.5) is 5.69 Å². The van der Waals surface area contributed by atoms with Gasteiger partial charge in [0, 0.05) is 31.1 Å². The second-order valence-electron chi connectivity index (χ2n) is 6.67. The Kier molecular flexibility index (Phi) is 5.38. The van der Waals surface area contributed by atoms with E-state index in [1.54, 1.807) is 6.07 Å². The summed E-state index contributed by atoms with van der Waals surface area (Å²) in [6, 6.07) is 7.55. The van der Waals surface area contributed by atoms with E-state index < -0.39 is 11.8 Å². The molecule has 1 aliphatic rings. The number of aliphatic hydroxyl groups excluding tert-OH is 1. The van der Waals surface area contributed by atoms with Gasteiger partial charge in [0.25, 0.3) is 0 Å². The van der Waals surface area contributed by atoms with Gasteiger partial charge in [-0.15, -0.1) is 0 Å². The average Bonchev–Trinajstić information content (AvgIpc) is 3.37. The van der Waals surface area contributed by atoms with E-state index >= 15 is 0 Å². The molecule has 25 heavy (non-hydrogen) atoms. The number of anilines is 1. The molecular formula is C19H25N3O3. The van der Waals surface area contributed by atoms with Crippen LogP contribution in [0, 0.1) is 5.92 Å². The average molecular weight is 343 g/mol. The fraction of sp³-hybridized carbons (Fsp3) is 0.474. The minimum absolute atomic E-state index is 0.00809. The van der Waals surface area contributed by atoms with E-state index in [-0.39, 0.29) is 12.6 Å². The lowest BCUT2D eigenvalue weighted by atomic mass is 10.1. The van der Waals surface area contributed by atoms with Gasteiger partial charge in [-0.05, 0) is 55.2 Å². The molecule has 1 atom stereocenters. The van der Waals surface area contributed by atoms with Gasteiger partial charge in [-0.3, -0.25) is 9.59 Å². The molecule has 1 aromatic carbocycles. The first-order valence-electron chi connectivity index (χ1n) is 8.94. The second kappa shape index (κ2) is 7.70. The smallest absolute Gasteiger partial charge is 0.313 e. The highest BCUT2D eigenvalue weighted by Crippen LogP contribution is 2.33. The number of carbonyl (C=O) groups excluding carboxylic acids is 2. The fourth-order valence-electron chi connectivity index (χ4n) is 3.18. The Labute approximate surface area is 147 Å². The van der Waals surface area contributed by atoms with Crippen LogP contribution in [0.15, 0.2) is 30.5 Å². The van der Waals surface area contributed by atoms with Crippen LogP contribution < -0.4 is 10.6 Å². The summed E-state index contributed by atoms with van der Waals surface area (Å²) in [7, 11) is 0. The molecule has 6 heteroatoms. The molecule has 1 aliphatic carbocycles. The van der Waals surface area contributed by atoms with E-state index in [2.05, 4.69) is 22.1 Å². The molecule has 0 bridgehead atoms. The van der Waals surface area contributed by atoms with Crippen molar-refractivity contribution in [1.29, 1.82) is 0 Å². The highest BCUT2D eigenvalue weighted by Gasteiger charge is 2.33. The van der Waals surface area contributed by atoms with Crippen LogP contribution in [0.1, 0.15) is 32.6 Å². The maximum atomic E-state index is 12.2. The van der Waals surface area contributed by atoms with Crippen molar-refractivity contribution >= 4 is 28.4 Å². The van der Waals surface area contributed by atoms with E-state index in [1.807, 2.05) is 24.4 Å². The van der Waals surface area contributed by atoms with Gasteiger partial charge in [0.15, 0.2) is 0 Å². The zero-order chi connectivity index (χ0) is 17.8. The summed E-state index contributed by atoms with van der Waals surface area (Å²) in [5.41, 5.74) is 1.64. The zero-order valence-corrected chi connectivity index (χ0v) is 14.5. The van der Waals surface area contributed by atoms with E-state index in [4.69, 9.17) is 5.11 Å². The van der Waals surface area contributed by atoms with Gasteiger partial charge >= 0.3 is 11.8 Å². The van der Waals surface area contributed by atoms with Crippen LogP contribution >= 0.6 is 0 Å². The van der Waals surface area contributed by atoms with Crippen LogP contribution in [-0.4, -0.2) is 34.1 Å². The fourth-order valence-corrected chi connectivity index (χ4v) is 3.18. The Morgan fingerprint density at radius 1 is 1.28 bits per heavy atom. The molecule has 2 aromatic rings. The summed E-state index contributed by atoms with van der Waals surface area (Å²) in [5.74, 6) is -0.927. The van der Waals surface area contributed by atoms with Crippen molar-refractivity contribution in [3.63, 3.8) is 0 Å². The van der Waals surface area contributed by atoms with Crippen molar-refractivity contribution < 1.29 is 14.7 Å². The lowest BCUT2D eigenvalue weighted by Gasteiger charge is -2.16. The number of amides is 2. The summed E-state index contributed by atoms with van der Waals surface area (Å²) in [6.07, 6.45) is 5.62. The number of hydrogen-bond donors (Lipinski definition) is 3. The highest BCUT2D eigenvalue weighted by atomic mass is 16.3. The number of aromatic nitrogens is 1. The highest BCUT2D eigenvalue weighted by molar-refractivity contribution is 6.39. The molecule has 0 spiro atoms. The molecule has 1 unspecified atom stereocenters. The topological polar surface area (TPSA) is 83.4 Å². The van der Waals surface area contributed by atoms with Gasteiger partial charge in [0.1, 0.15) is 0 Å². The first-order chi connectivity index (χ1) is 12.1. The number of aliphatic hydroxyl groups is 1. The number of rotatable bonds is 7. The van der Waals surface area contributed by atoms with Gasteiger partial charge in [0.05, 0.1) is 5.52 Å². The standard InChI is InChI=1S/C19H25N3O3/c1-2-9-22-10-7-14-5-6-15(12-17(14)22)20-18(24)19(25)21-16(8-11-23)13-3-4-13/h5-7,10,12-13,16,23H,2-4,8-9,11H2,1H3,(H,20,24)(H,21,25). The van der Waals surface area contributed by atoms with Crippen LogP contribution in [0.3, 0.4) is 0 Å². The molecule has 134 valence electrons. The van der Waals surface area contributed by atoms with Crippen molar-refractivity contribution in [1.82, 2.24) is 9.88 Å². The normalized spacial score (nSPS) is 15.1. The first-order valence-corrected chi connectivity index (χ1v) is 8.94. The molecule has 1 saturated carbocycles. The number of hydrogen-bond acceptors (Lipinski definition) is 3. The molecule has 2 amide bonds. The summed E-state index contributed by atoms with van der Waals surface area (Å²) < 4.78 is 2.13. The minimum Gasteiger partial charge on any atom is -0.396 e. The molecule has 1 aromatic heterocycles. The molecule has 0 aliphatic heterocycles. The number of nitrogens with one attached hydrogen (secondary N) is 2. The third-order valence-electron chi connectivity index (χ3n) is 4.65. The summed E-state index contributed by atoms with van der Waals surface area (Å²) in [6.45, 7) is 3.03. The first kappa shape index (κ1) is 17.5. The predicted molar refractivity (Wildman–Crippen MR) is 97.2 cm³/mol. The van der Waals surface area contributed by atoms with Crippen LogP contribution in [0.25, 0.3) is 10.9 Å². The van der Waals surface area contributed by atoms with Crippen molar-refractivity contribution in [3.05, 3.63) is 30.5 Å². The molecule has 1 heterocycles. The van der Waals surface area contributed by atoms with Crippen molar-refractivity contribution in [2.45, 2.75) is 45.2 Å². The van der Waals surface area contributed by atoms with Crippen LogP contribution in [0.5, 0.6) is 0 Å². The summed E-state index contributed by atoms with van der Waals surface area (Å²) in [5, 5.41) is 15.6. The van der Waals surface area contributed by atoms with Gasteiger partial charge in [-0.2, -0.15) is 0 Å². The Bertz CT molecular complexity index is 764. The Hall–Kier alpha value is -2.34. The number of benzene rings is 1. The molecule has 1 fully saturated rings. The number of fused-ring (bicyclic) bond motifs is 1. The largest absolute Gasteiger partial charge is 0.396 e. The van der Waals surface area contributed by atoms with E-state index in [0.29, 0.717) is 18.0 Å². The second-order valence-corrected chi connectivity index (χ2v) is 6.67. The monoisotopic (exact) mass is 343 g/mol. The van der Waals surface area contributed by atoms with Crippen molar-refractivity contribution in [2.75, 3.05) is 11.9 Å². The van der Waals surface area contributed by atoms with E-state index in [0.717, 1.165) is 36.7 Å². The van der Waals surface area contributed by atoms with Crippen molar-refractivity contribution in [2.24, 2.45) is 5.92 Å². The van der Waals surface area contributed by atoms with E-state index in [9.17, 15) is 9.59 Å². The lowest BCUT2D eigenvalue weighted by molar-refractivity contribution is -0.136. The number of aryl methyl sites for hydroxylation is 1. The third-order valence-corrected chi connectivity index (χ3v) is 4.65.